The van der Waals surface area contributed by atoms with Crippen molar-refractivity contribution in [2.24, 2.45) is 5.41 Å². The number of carboxylic acids is 1. The van der Waals surface area contributed by atoms with Gasteiger partial charge in [0.05, 0.1) is 24.1 Å². The van der Waals surface area contributed by atoms with E-state index in [9.17, 15) is 14.3 Å². The number of halogens is 3. The summed E-state index contributed by atoms with van der Waals surface area (Å²) in [5.41, 5.74) is 0.582. The van der Waals surface area contributed by atoms with Crippen molar-refractivity contribution in [2.45, 2.75) is 49.6 Å². The van der Waals surface area contributed by atoms with E-state index < -0.39 is 17.6 Å². The average molecular weight is 563 g/mol. The zero-order chi connectivity index (χ0) is 27.1. The Labute approximate surface area is 231 Å². The lowest BCUT2D eigenvalue weighted by atomic mass is 9.71. The van der Waals surface area contributed by atoms with Gasteiger partial charge in [0.15, 0.2) is 0 Å². The SMILES string of the molecule is COc1ccc2ncc(Cl)c([C@H](F)CCC3(CC(=O)O)CCN(CCCSc4ccc(F)cc4)CC3)c2c1. The maximum Gasteiger partial charge on any atom is 0.303 e. The fraction of sp³-hybridized carbons (Fsp3) is 0.448. The van der Waals surface area contributed by atoms with Crippen LogP contribution in [0.3, 0.4) is 0 Å². The van der Waals surface area contributed by atoms with Crippen LogP contribution in [0.5, 0.6) is 5.75 Å². The molecule has 5 nitrogen and oxygen atoms in total. The molecule has 2 heterocycles. The summed E-state index contributed by atoms with van der Waals surface area (Å²) in [4.78, 5) is 19.5. The maximum absolute atomic E-state index is 15.7. The molecule has 204 valence electrons. The van der Waals surface area contributed by atoms with Crippen LogP contribution in [0.2, 0.25) is 5.02 Å². The minimum Gasteiger partial charge on any atom is -0.497 e. The molecule has 0 spiro atoms. The Balaban J connectivity index is 1.34. The molecule has 1 saturated heterocycles. The fourth-order valence-electron chi connectivity index (χ4n) is 5.29. The third-order valence-corrected chi connectivity index (χ3v) is 8.85. The van der Waals surface area contributed by atoms with E-state index in [2.05, 4.69) is 9.88 Å². The van der Waals surface area contributed by atoms with E-state index in [-0.39, 0.29) is 23.7 Å². The molecule has 1 atom stereocenters. The van der Waals surface area contributed by atoms with E-state index >= 15 is 4.39 Å². The first kappa shape index (κ1) is 28.6. The summed E-state index contributed by atoms with van der Waals surface area (Å²) in [5, 5.41) is 10.5. The Bertz CT molecular complexity index is 1240. The molecule has 0 aliphatic carbocycles. The van der Waals surface area contributed by atoms with Gasteiger partial charge in [-0.25, -0.2) is 8.78 Å². The number of carbonyl (C=O) groups is 1. The standard InChI is InChI=1S/C29H33ClF2N2O3S/c1-37-21-5-8-26-23(17-21)28(24(30)19-33-26)25(32)9-10-29(18-27(35)36)11-14-34(15-12-29)13-2-16-38-22-6-3-20(31)4-7-22/h3-8,17,19,25H,2,9-16,18H2,1H3,(H,35,36)/t25-/m1/s1. The van der Waals surface area contributed by atoms with Crippen LogP contribution in [0.4, 0.5) is 8.78 Å². The van der Waals surface area contributed by atoms with Gasteiger partial charge in [-0.3, -0.25) is 9.78 Å². The third-order valence-electron chi connectivity index (χ3n) is 7.45. The molecule has 0 radical (unpaired) electrons. The van der Waals surface area contributed by atoms with Gasteiger partial charge in [0, 0.05) is 22.0 Å². The molecule has 1 aromatic heterocycles. The Morgan fingerprint density at radius 3 is 2.66 bits per heavy atom. The highest BCUT2D eigenvalue weighted by Gasteiger charge is 2.37. The first-order chi connectivity index (χ1) is 18.3. The number of ether oxygens (including phenoxy) is 1. The lowest BCUT2D eigenvalue weighted by molar-refractivity contribution is -0.141. The molecule has 0 unspecified atom stereocenters. The molecule has 0 bridgehead atoms. The van der Waals surface area contributed by atoms with Gasteiger partial charge in [-0.2, -0.15) is 0 Å². The van der Waals surface area contributed by atoms with Gasteiger partial charge in [-0.15, -0.1) is 11.8 Å². The maximum atomic E-state index is 15.7. The quantitative estimate of drug-likeness (QED) is 0.181. The van der Waals surface area contributed by atoms with Crippen molar-refractivity contribution in [3.63, 3.8) is 0 Å². The van der Waals surface area contributed by atoms with Crippen molar-refractivity contribution in [2.75, 3.05) is 32.5 Å². The molecule has 1 aliphatic rings. The largest absolute Gasteiger partial charge is 0.497 e. The second-order valence-corrected chi connectivity index (χ2v) is 11.6. The number of hydrogen-bond donors (Lipinski definition) is 1. The number of piperidine rings is 1. The van der Waals surface area contributed by atoms with Crippen molar-refractivity contribution in [3.8, 4) is 5.75 Å². The van der Waals surface area contributed by atoms with Crippen LogP contribution in [0, 0.1) is 11.2 Å². The predicted octanol–water partition coefficient (Wildman–Crippen LogP) is 7.57. The van der Waals surface area contributed by atoms with Crippen LogP contribution in [0.1, 0.15) is 50.3 Å². The van der Waals surface area contributed by atoms with Crippen molar-refractivity contribution < 1.29 is 23.4 Å². The Morgan fingerprint density at radius 2 is 1.97 bits per heavy atom. The van der Waals surface area contributed by atoms with Gasteiger partial charge in [0.25, 0.3) is 0 Å². The molecule has 0 amide bonds. The summed E-state index contributed by atoms with van der Waals surface area (Å²) >= 11 is 8.10. The zero-order valence-corrected chi connectivity index (χ0v) is 23.0. The van der Waals surface area contributed by atoms with E-state index in [0.717, 1.165) is 49.5 Å². The van der Waals surface area contributed by atoms with Gasteiger partial charge in [-0.05, 0) is 105 Å². The van der Waals surface area contributed by atoms with Gasteiger partial charge < -0.3 is 14.7 Å². The second kappa shape index (κ2) is 13.1. The highest BCUT2D eigenvalue weighted by Crippen LogP contribution is 2.44. The number of nitrogens with zero attached hydrogens (tertiary/aromatic N) is 2. The number of thioether (sulfide) groups is 1. The number of alkyl halides is 1. The van der Waals surface area contributed by atoms with Crippen LogP contribution in [-0.4, -0.2) is 53.5 Å². The molecular weight excluding hydrogens is 530 g/mol. The van der Waals surface area contributed by atoms with Crippen LogP contribution in [-0.2, 0) is 4.79 Å². The monoisotopic (exact) mass is 562 g/mol. The molecule has 38 heavy (non-hydrogen) atoms. The highest BCUT2D eigenvalue weighted by atomic mass is 35.5. The van der Waals surface area contributed by atoms with Crippen molar-refractivity contribution in [1.29, 1.82) is 0 Å². The number of benzene rings is 2. The number of aromatic nitrogens is 1. The number of fused-ring (bicyclic) bond motifs is 1. The minimum atomic E-state index is -1.34. The molecule has 1 fully saturated rings. The Morgan fingerprint density at radius 1 is 1.24 bits per heavy atom. The number of carboxylic acid groups (broad SMARTS) is 1. The van der Waals surface area contributed by atoms with Gasteiger partial charge in [-0.1, -0.05) is 11.6 Å². The summed E-state index contributed by atoms with van der Waals surface area (Å²) in [6, 6.07) is 11.8. The van der Waals surface area contributed by atoms with Crippen LogP contribution in [0.25, 0.3) is 10.9 Å². The smallest absolute Gasteiger partial charge is 0.303 e. The first-order valence-corrected chi connectivity index (χ1v) is 14.2. The molecule has 3 aromatic rings. The zero-order valence-electron chi connectivity index (χ0n) is 21.5. The van der Waals surface area contributed by atoms with E-state index in [1.54, 1.807) is 49.2 Å². The molecule has 1 aliphatic heterocycles. The topological polar surface area (TPSA) is 62.7 Å². The number of aliphatic carboxylic acids is 1. The number of methoxy groups -OCH3 is 1. The van der Waals surface area contributed by atoms with Crippen LogP contribution in [0.15, 0.2) is 53.6 Å². The predicted molar refractivity (Wildman–Crippen MR) is 148 cm³/mol. The lowest BCUT2D eigenvalue weighted by Gasteiger charge is -2.41. The summed E-state index contributed by atoms with van der Waals surface area (Å²) in [6.45, 7) is 2.51. The Hall–Kier alpha value is -2.42. The summed E-state index contributed by atoms with van der Waals surface area (Å²) in [6.07, 6.45) is 3.25. The van der Waals surface area contributed by atoms with Gasteiger partial charge in [0.1, 0.15) is 17.7 Å². The summed E-state index contributed by atoms with van der Waals surface area (Å²) in [7, 11) is 1.55. The van der Waals surface area contributed by atoms with Crippen molar-refractivity contribution in [3.05, 3.63) is 65.1 Å². The summed E-state index contributed by atoms with van der Waals surface area (Å²) < 4.78 is 34.1. The lowest BCUT2D eigenvalue weighted by Crippen LogP contribution is -2.41. The van der Waals surface area contributed by atoms with Crippen molar-refractivity contribution in [1.82, 2.24) is 9.88 Å². The Kier molecular flexibility index (Phi) is 9.85. The fourth-order valence-corrected chi connectivity index (χ4v) is 6.39. The molecule has 2 aromatic carbocycles. The van der Waals surface area contributed by atoms with E-state index in [0.29, 0.717) is 28.6 Å². The minimum absolute atomic E-state index is 0.0344. The number of rotatable bonds is 12. The third kappa shape index (κ3) is 7.36. The highest BCUT2D eigenvalue weighted by molar-refractivity contribution is 7.99. The molecular formula is C29H33ClF2N2O3S. The number of hydrogen-bond acceptors (Lipinski definition) is 5. The molecule has 1 N–H and O–H groups in total. The van der Waals surface area contributed by atoms with E-state index in [1.807, 2.05) is 0 Å². The van der Waals surface area contributed by atoms with Gasteiger partial charge in [0.2, 0.25) is 0 Å². The molecule has 4 rings (SSSR count). The van der Waals surface area contributed by atoms with E-state index in [4.69, 9.17) is 16.3 Å². The van der Waals surface area contributed by atoms with Gasteiger partial charge >= 0.3 is 5.97 Å². The molecule has 0 saturated carbocycles. The summed E-state index contributed by atoms with van der Waals surface area (Å²) in [5.74, 6) is 0.448. The second-order valence-electron chi connectivity index (χ2n) is 9.98. The van der Waals surface area contributed by atoms with Crippen molar-refractivity contribution >= 4 is 40.2 Å². The first-order valence-electron chi connectivity index (χ1n) is 12.9. The number of likely N-dealkylation sites (tertiary alicyclic amines) is 1. The van der Waals surface area contributed by atoms with Crippen LogP contribution < -0.4 is 4.74 Å². The molecule has 9 heteroatoms. The number of pyridine rings is 1. The van der Waals surface area contributed by atoms with E-state index in [1.165, 1.54) is 18.3 Å². The van der Waals surface area contributed by atoms with Crippen LogP contribution >= 0.6 is 23.4 Å². The average Bonchev–Trinajstić information content (AvgIpc) is 2.91. The normalized spacial score (nSPS) is 16.4.